The normalized spacial score (nSPS) is 10.1. The van der Waals surface area contributed by atoms with Gasteiger partial charge in [-0.1, -0.05) is 0 Å². The number of amides is 1. The van der Waals surface area contributed by atoms with E-state index in [9.17, 15) is 4.79 Å². The summed E-state index contributed by atoms with van der Waals surface area (Å²) in [6.07, 6.45) is 0.816. The van der Waals surface area contributed by atoms with Gasteiger partial charge in [0.25, 0.3) is 0 Å². The Kier molecular flexibility index (Phi) is 5.89. The average Bonchev–Trinajstić information content (AvgIpc) is 2.61. The van der Waals surface area contributed by atoms with Gasteiger partial charge >= 0.3 is 0 Å². The molecule has 0 bridgehead atoms. The highest BCUT2D eigenvalue weighted by molar-refractivity contribution is 5.94. The van der Waals surface area contributed by atoms with E-state index in [1.165, 1.54) is 0 Å². The summed E-state index contributed by atoms with van der Waals surface area (Å²) in [5.41, 5.74) is 7.81. The number of hydrogen-bond donors (Lipinski definition) is 2. The monoisotopic (exact) mass is 330 g/mol. The molecule has 1 amide bonds. The zero-order chi connectivity index (χ0) is 17.5. The zero-order valence-electron chi connectivity index (χ0n) is 14.1. The Bertz CT molecular complexity index is 716. The number of hydrogen-bond acceptors (Lipinski definition) is 5. The second-order valence-corrected chi connectivity index (χ2v) is 5.18. The molecule has 2 aromatic carbocycles. The van der Waals surface area contributed by atoms with Crippen molar-refractivity contribution in [3.8, 4) is 17.2 Å². The molecule has 24 heavy (non-hydrogen) atoms. The van der Waals surface area contributed by atoms with E-state index in [-0.39, 0.29) is 5.91 Å². The SMILES string of the molecule is COc1ccc(OC)c(CCC(=O)Nc2cc(OC)ccc2N)c1. The fourth-order valence-corrected chi connectivity index (χ4v) is 2.31. The van der Waals surface area contributed by atoms with Crippen LogP contribution in [0.2, 0.25) is 0 Å². The van der Waals surface area contributed by atoms with Crippen molar-refractivity contribution in [2.24, 2.45) is 0 Å². The second-order valence-electron chi connectivity index (χ2n) is 5.18. The molecule has 3 N–H and O–H groups in total. The van der Waals surface area contributed by atoms with Gasteiger partial charge in [0.05, 0.1) is 32.7 Å². The molecule has 0 atom stereocenters. The Morgan fingerprint density at radius 3 is 2.33 bits per heavy atom. The maximum atomic E-state index is 12.2. The predicted molar refractivity (Wildman–Crippen MR) is 93.9 cm³/mol. The maximum absolute atomic E-state index is 12.2. The number of nitrogens with one attached hydrogen (secondary N) is 1. The summed E-state index contributed by atoms with van der Waals surface area (Å²) in [6.45, 7) is 0. The van der Waals surface area contributed by atoms with Crippen LogP contribution in [0.1, 0.15) is 12.0 Å². The summed E-state index contributed by atoms with van der Waals surface area (Å²) in [4.78, 5) is 12.2. The summed E-state index contributed by atoms with van der Waals surface area (Å²) < 4.78 is 15.7. The minimum Gasteiger partial charge on any atom is -0.497 e. The number of nitrogens with two attached hydrogens (primary N) is 1. The van der Waals surface area contributed by atoms with Crippen molar-refractivity contribution in [2.75, 3.05) is 32.4 Å². The Morgan fingerprint density at radius 2 is 1.67 bits per heavy atom. The summed E-state index contributed by atoms with van der Waals surface area (Å²) in [5, 5.41) is 2.81. The lowest BCUT2D eigenvalue weighted by Gasteiger charge is -2.12. The minimum absolute atomic E-state index is 0.139. The van der Waals surface area contributed by atoms with Gasteiger partial charge in [-0.2, -0.15) is 0 Å². The van der Waals surface area contributed by atoms with Crippen LogP contribution in [0.25, 0.3) is 0 Å². The molecule has 6 heteroatoms. The van der Waals surface area contributed by atoms with Gasteiger partial charge in [0.1, 0.15) is 17.2 Å². The molecular weight excluding hydrogens is 308 g/mol. The third-order valence-corrected chi connectivity index (χ3v) is 3.64. The number of carbonyl (C=O) groups is 1. The Labute approximate surface area is 141 Å². The van der Waals surface area contributed by atoms with E-state index in [2.05, 4.69) is 5.32 Å². The minimum atomic E-state index is -0.139. The van der Waals surface area contributed by atoms with Gasteiger partial charge < -0.3 is 25.3 Å². The molecule has 0 saturated heterocycles. The van der Waals surface area contributed by atoms with Crippen molar-refractivity contribution in [3.05, 3.63) is 42.0 Å². The fourth-order valence-electron chi connectivity index (χ4n) is 2.31. The second kappa shape index (κ2) is 8.10. The van der Waals surface area contributed by atoms with Gasteiger partial charge in [0, 0.05) is 12.5 Å². The first-order valence-corrected chi connectivity index (χ1v) is 7.51. The molecule has 6 nitrogen and oxygen atoms in total. The Morgan fingerprint density at radius 1 is 1.00 bits per heavy atom. The highest BCUT2D eigenvalue weighted by Crippen LogP contribution is 2.26. The van der Waals surface area contributed by atoms with Crippen molar-refractivity contribution in [1.82, 2.24) is 0 Å². The van der Waals surface area contributed by atoms with Crippen LogP contribution in [0.15, 0.2) is 36.4 Å². The highest BCUT2D eigenvalue weighted by Gasteiger charge is 2.10. The molecule has 0 aliphatic heterocycles. The maximum Gasteiger partial charge on any atom is 0.224 e. The van der Waals surface area contributed by atoms with Crippen molar-refractivity contribution in [3.63, 3.8) is 0 Å². The lowest BCUT2D eigenvalue weighted by molar-refractivity contribution is -0.116. The average molecular weight is 330 g/mol. The van der Waals surface area contributed by atoms with Gasteiger partial charge in [-0.25, -0.2) is 0 Å². The first-order valence-electron chi connectivity index (χ1n) is 7.51. The van der Waals surface area contributed by atoms with Crippen molar-refractivity contribution >= 4 is 17.3 Å². The predicted octanol–water partition coefficient (Wildman–Crippen LogP) is 2.87. The van der Waals surface area contributed by atoms with Crippen LogP contribution in [0, 0.1) is 0 Å². The van der Waals surface area contributed by atoms with Crippen LogP contribution < -0.4 is 25.3 Å². The first-order chi connectivity index (χ1) is 11.6. The Balaban J connectivity index is 2.03. The van der Waals surface area contributed by atoms with Crippen LogP contribution in [0.3, 0.4) is 0 Å². The van der Waals surface area contributed by atoms with Gasteiger partial charge in [0.2, 0.25) is 5.91 Å². The van der Waals surface area contributed by atoms with Gasteiger partial charge in [-0.15, -0.1) is 0 Å². The molecule has 0 unspecified atom stereocenters. The number of rotatable bonds is 7. The smallest absolute Gasteiger partial charge is 0.224 e. The lowest BCUT2D eigenvalue weighted by atomic mass is 10.1. The number of anilines is 2. The molecule has 2 rings (SSSR count). The van der Waals surface area contributed by atoms with Crippen LogP contribution in [0.4, 0.5) is 11.4 Å². The molecule has 0 aromatic heterocycles. The quantitative estimate of drug-likeness (QED) is 0.763. The van der Waals surface area contributed by atoms with E-state index in [4.69, 9.17) is 19.9 Å². The third-order valence-electron chi connectivity index (χ3n) is 3.64. The summed E-state index contributed by atoms with van der Waals surface area (Å²) in [5.74, 6) is 1.95. The number of nitrogen functional groups attached to an aromatic ring is 1. The van der Waals surface area contributed by atoms with Crippen LogP contribution in [-0.4, -0.2) is 27.2 Å². The summed E-state index contributed by atoms with van der Waals surface area (Å²) in [7, 11) is 4.76. The molecule has 0 spiro atoms. The summed E-state index contributed by atoms with van der Waals surface area (Å²) in [6, 6.07) is 10.6. The third kappa shape index (κ3) is 4.32. The number of benzene rings is 2. The Hall–Kier alpha value is -2.89. The van der Waals surface area contributed by atoms with Gasteiger partial charge in [0.15, 0.2) is 0 Å². The van der Waals surface area contributed by atoms with E-state index in [1.54, 1.807) is 39.5 Å². The number of ether oxygens (including phenoxy) is 3. The van der Waals surface area contributed by atoms with Crippen LogP contribution in [-0.2, 0) is 11.2 Å². The molecule has 2 aromatic rings. The number of aryl methyl sites for hydroxylation is 1. The van der Waals surface area contributed by atoms with Crippen LogP contribution in [0.5, 0.6) is 17.2 Å². The molecular formula is C18H22N2O4. The van der Waals surface area contributed by atoms with Gasteiger partial charge in [-0.05, 0) is 42.3 Å². The number of methoxy groups -OCH3 is 3. The molecule has 0 aliphatic carbocycles. The molecule has 128 valence electrons. The zero-order valence-corrected chi connectivity index (χ0v) is 14.1. The van der Waals surface area contributed by atoms with Crippen LogP contribution >= 0.6 is 0 Å². The van der Waals surface area contributed by atoms with Crippen molar-refractivity contribution in [1.29, 1.82) is 0 Å². The largest absolute Gasteiger partial charge is 0.497 e. The molecule has 0 radical (unpaired) electrons. The van der Waals surface area contributed by atoms with E-state index in [1.807, 2.05) is 18.2 Å². The topological polar surface area (TPSA) is 82.8 Å². The highest BCUT2D eigenvalue weighted by atomic mass is 16.5. The molecule has 0 saturated carbocycles. The number of carbonyl (C=O) groups excluding carboxylic acids is 1. The fraction of sp³-hybridized carbons (Fsp3) is 0.278. The van der Waals surface area contributed by atoms with E-state index in [0.717, 1.165) is 17.1 Å². The molecule has 0 heterocycles. The standard InChI is InChI=1S/C18H22N2O4/c1-22-13-6-8-17(24-3)12(10-13)4-9-18(21)20-16-11-14(23-2)5-7-15(16)19/h5-8,10-11H,4,9,19H2,1-3H3,(H,20,21). The van der Waals surface area contributed by atoms with E-state index in [0.29, 0.717) is 30.0 Å². The van der Waals surface area contributed by atoms with E-state index < -0.39 is 0 Å². The summed E-state index contributed by atoms with van der Waals surface area (Å²) >= 11 is 0. The lowest BCUT2D eigenvalue weighted by Crippen LogP contribution is -2.14. The molecule has 0 aliphatic rings. The van der Waals surface area contributed by atoms with Gasteiger partial charge in [-0.3, -0.25) is 4.79 Å². The first kappa shape index (κ1) is 17.5. The van der Waals surface area contributed by atoms with Crippen molar-refractivity contribution in [2.45, 2.75) is 12.8 Å². The van der Waals surface area contributed by atoms with E-state index >= 15 is 0 Å². The molecule has 0 fully saturated rings. The van der Waals surface area contributed by atoms with Crippen molar-refractivity contribution < 1.29 is 19.0 Å².